The molecule has 0 atom stereocenters. The average molecular weight is 286 g/mol. The predicted octanol–water partition coefficient (Wildman–Crippen LogP) is 1.49. The fourth-order valence-electron chi connectivity index (χ4n) is 2.42. The summed E-state index contributed by atoms with van der Waals surface area (Å²) in [6.45, 7) is 2.10. The number of nitrogens with zero attached hydrogens (tertiary/aromatic N) is 1. The van der Waals surface area contributed by atoms with Gasteiger partial charge in [0.15, 0.2) is 0 Å². The first-order chi connectivity index (χ1) is 8.80. The molecule has 0 aromatic heterocycles. The molecule has 1 aliphatic rings. The molecular formula is C13H19FN2O2S. The van der Waals surface area contributed by atoms with Crippen molar-refractivity contribution in [2.24, 2.45) is 11.7 Å². The average Bonchev–Trinajstić information content (AvgIpc) is 2.30. The van der Waals surface area contributed by atoms with Crippen LogP contribution in [0.15, 0.2) is 23.1 Å². The molecule has 6 heteroatoms. The van der Waals surface area contributed by atoms with Crippen LogP contribution in [0.2, 0.25) is 0 Å². The molecule has 0 bridgehead atoms. The normalized spacial score (nSPS) is 23.4. The Kier molecular flexibility index (Phi) is 3.94. The number of benzene rings is 1. The third kappa shape index (κ3) is 2.96. The van der Waals surface area contributed by atoms with E-state index in [1.165, 1.54) is 23.5 Å². The summed E-state index contributed by atoms with van der Waals surface area (Å²) in [5.41, 5.74) is 6.25. The molecule has 1 aliphatic carbocycles. The van der Waals surface area contributed by atoms with Crippen molar-refractivity contribution < 1.29 is 12.8 Å². The highest BCUT2D eigenvalue weighted by Gasteiger charge is 2.31. The van der Waals surface area contributed by atoms with E-state index in [1.54, 1.807) is 6.92 Å². The fraction of sp³-hybridized carbons (Fsp3) is 0.538. The lowest BCUT2D eigenvalue weighted by Crippen LogP contribution is -2.43. The van der Waals surface area contributed by atoms with Crippen LogP contribution in [0.5, 0.6) is 0 Å². The first-order valence-corrected chi connectivity index (χ1v) is 7.73. The van der Waals surface area contributed by atoms with Gasteiger partial charge in [-0.3, -0.25) is 0 Å². The van der Waals surface area contributed by atoms with Gasteiger partial charge in [-0.2, -0.15) is 0 Å². The number of aryl methyl sites for hydroxylation is 1. The number of sulfonamides is 1. The van der Waals surface area contributed by atoms with Gasteiger partial charge in [-0.15, -0.1) is 0 Å². The Balaban J connectivity index is 2.19. The van der Waals surface area contributed by atoms with E-state index in [2.05, 4.69) is 0 Å². The monoisotopic (exact) mass is 286 g/mol. The number of rotatable bonds is 4. The summed E-state index contributed by atoms with van der Waals surface area (Å²) in [6.07, 6.45) is 1.70. The predicted molar refractivity (Wildman–Crippen MR) is 71.7 cm³/mol. The van der Waals surface area contributed by atoms with Crippen molar-refractivity contribution in [3.05, 3.63) is 29.6 Å². The molecule has 4 nitrogen and oxygen atoms in total. The summed E-state index contributed by atoms with van der Waals surface area (Å²) in [7, 11) is -2.10. The van der Waals surface area contributed by atoms with Gasteiger partial charge in [-0.05, 0) is 43.4 Å². The van der Waals surface area contributed by atoms with Gasteiger partial charge in [0.1, 0.15) is 5.82 Å². The zero-order chi connectivity index (χ0) is 14.2. The molecule has 2 rings (SSSR count). The lowest BCUT2D eigenvalue weighted by atomic mass is 9.81. The molecule has 1 saturated carbocycles. The van der Waals surface area contributed by atoms with Crippen molar-refractivity contribution in [1.29, 1.82) is 0 Å². The second-order valence-corrected chi connectivity index (χ2v) is 7.31. The first-order valence-electron chi connectivity index (χ1n) is 6.29. The van der Waals surface area contributed by atoms with Gasteiger partial charge >= 0.3 is 0 Å². The summed E-state index contributed by atoms with van der Waals surface area (Å²) in [4.78, 5) is 0.0404. The van der Waals surface area contributed by atoms with Gasteiger partial charge in [-0.1, -0.05) is 6.07 Å². The van der Waals surface area contributed by atoms with Crippen LogP contribution in [-0.4, -0.2) is 32.4 Å². The summed E-state index contributed by atoms with van der Waals surface area (Å²) >= 11 is 0. The zero-order valence-electron chi connectivity index (χ0n) is 11.1. The SMILES string of the molecule is Cc1ccc(F)cc1S(=O)(=O)N(C)CC1CC(N)C1. The lowest BCUT2D eigenvalue weighted by Gasteiger charge is -2.35. The highest BCUT2D eigenvalue weighted by atomic mass is 32.2. The van der Waals surface area contributed by atoms with E-state index in [9.17, 15) is 12.8 Å². The van der Waals surface area contributed by atoms with Gasteiger partial charge < -0.3 is 5.73 Å². The van der Waals surface area contributed by atoms with E-state index < -0.39 is 15.8 Å². The Hall–Kier alpha value is -0.980. The highest BCUT2D eigenvalue weighted by Crippen LogP contribution is 2.28. The molecular weight excluding hydrogens is 267 g/mol. The maximum absolute atomic E-state index is 13.2. The zero-order valence-corrected chi connectivity index (χ0v) is 12.0. The minimum absolute atomic E-state index is 0.0404. The lowest BCUT2D eigenvalue weighted by molar-refractivity contribution is 0.227. The molecule has 0 aliphatic heterocycles. The topological polar surface area (TPSA) is 63.4 Å². The summed E-state index contributed by atoms with van der Waals surface area (Å²) in [6, 6.07) is 4.01. The smallest absolute Gasteiger partial charge is 0.243 e. The minimum atomic E-state index is -3.63. The third-order valence-corrected chi connectivity index (χ3v) is 5.59. The minimum Gasteiger partial charge on any atom is -0.328 e. The van der Waals surface area contributed by atoms with Gasteiger partial charge in [0.25, 0.3) is 0 Å². The molecule has 2 N–H and O–H groups in total. The molecule has 0 saturated heterocycles. The van der Waals surface area contributed by atoms with Crippen molar-refractivity contribution in [2.75, 3.05) is 13.6 Å². The van der Waals surface area contributed by atoms with Crippen LogP contribution in [0.4, 0.5) is 4.39 Å². The quantitative estimate of drug-likeness (QED) is 0.912. The van der Waals surface area contributed by atoms with Gasteiger partial charge in [0.2, 0.25) is 10.0 Å². The van der Waals surface area contributed by atoms with Crippen LogP contribution in [0.3, 0.4) is 0 Å². The number of hydrogen-bond donors (Lipinski definition) is 1. The molecule has 0 unspecified atom stereocenters. The molecule has 0 spiro atoms. The number of halogens is 1. The molecule has 1 aromatic carbocycles. The Morgan fingerprint density at radius 1 is 1.42 bits per heavy atom. The van der Waals surface area contributed by atoms with Gasteiger partial charge in [0.05, 0.1) is 4.90 Å². The van der Waals surface area contributed by atoms with Crippen LogP contribution in [0.1, 0.15) is 18.4 Å². The Bertz CT molecular complexity index is 568. The van der Waals surface area contributed by atoms with Crippen molar-refractivity contribution in [3.63, 3.8) is 0 Å². The molecule has 19 heavy (non-hydrogen) atoms. The van der Waals surface area contributed by atoms with Crippen LogP contribution in [0, 0.1) is 18.7 Å². The van der Waals surface area contributed by atoms with Crippen LogP contribution in [0.25, 0.3) is 0 Å². The summed E-state index contributed by atoms with van der Waals surface area (Å²) < 4.78 is 39.3. The fourth-order valence-corrected chi connectivity index (χ4v) is 3.90. The second kappa shape index (κ2) is 5.19. The summed E-state index contributed by atoms with van der Waals surface area (Å²) in [5.74, 6) is -0.230. The molecule has 1 fully saturated rings. The van der Waals surface area contributed by atoms with Crippen LogP contribution in [-0.2, 0) is 10.0 Å². The van der Waals surface area contributed by atoms with Crippen LogP contribution >= 0.6 is 0 Å². The van der Waals surface area contributed by atoms with E-state index in [0.29, 0.717) is 18.0 Å². The summed E-state index contributed by atoms with van der Waals surface area (Å²) in [5, 5.41) is 0. The molecule has 106 valence electrons. The van der Waals surface area contributed by atoms with E-state index in [0.717, 1.165) is 18.9 Å². The number of hydrogen-bond acceptors (Lipinski definition) is 3. The van der Waals surface area contributed by atoms with E-state index >= 15 is 0 Å². The van der Waals surface area contributed by atoms with Crippen molar-refractivity contribution in [3.8, 4) is 0 Å². The Morgan fingerprint density at radius 2 is 2.05 bits per heavy atom. The third-order valence-electron chi connectivity index (χ3n) is 3.63. The van der Waals surface area contributed by atoms with Gasteiger partial charge in [-0.25, -0.2) is 17.1 Å². The maximum Gasteiger partial charge on any atom is 0.243 e. The standard InChI is InChI=1S/C13H19FN2O2S/c1-9-3-4-11(14)7-13(9)19(17,18)16(2)8-10-5-12(15)6-10/h3-4,7,10,12H,5-6,8,15H2,1-2H3. The van der Waals surface area contributed by atoms with Crippen LogP contribution < -0.4 is 5.73 Å². The highest BCUT2D eigenvalue weighted by molar-refractivity contribution is 7.89. The van der Waals surface area contributed by atoms with Crippen molar-refractivity contribution in [1.82, 2.24) is 4.31 Å². The number of nitrogens with two attached hydrogens (primary N) is 1. The molecule has 1 aromatic rings. The second-order valence-electron chi connectivity index (χ2n) is 5.29. The Morgan fingerprint density at radius 3 is 2.63 bits per heavy atom. The largest absolute Gasteiger partial charge is 0.328 e. The van der Waals surface area contributed by atoms with Crippen molar-refractivity contribution in [2.45, 2.75) is 30.7 Å². The van der Waals surface area contributed by atoms with E-state index in [-0.39, 0.29) is 10.9 Å². The van der Waals surface area contributed by atoms with E-state index in [4.69, 9.17) is 5.73 Å². The molecule has 0 amide bonds. The maximum atomic E-state index is 13.2. The molecule has 0 heterocycles. The Labute approximate surface area is 113 Å². The van der Waals surface area contributed by atoms with Crippen molar-refractivity contribution >= 4 is 10.0 Å². The van der Waals surface area contributed by atoms with E-state index in [1.807, 2.05) is 0 Å². The van der Waals surface area contributed by atoms with Gasteiger partial charge in [0, 0.05) is 19.6 Å². The first kappa shape index (κ1) is 14.4. The molecule has 0 radical (unpaired) electrons.